The second kappa shape index (κ2) is 7.10. The molecule has 0 aliphatic carbocycles. The van der Waals surface area contributed by atoms with Crippen molar-refractivity contribution in [2.75, 3.05) is 18.8 Å². The Kier molecular flexibility index (Phi) is 4.52. The van der Waals surface area contributed by atoms with E-state index in [4.69, 9.17) is 4.98 Å². The summed E-state index contributed by atoms with van der Waals surface area (Å²) in [6, 6.07) is 8.96. The average Bonchev–Trinajstić information content (AvgIpc) is 3.45. The number of sulfonamides is 1. The number of nitrogens with zero attached hydrogens (tertiary/aromatic N) is 4. The smallest absolute Gasteiger partial charge is 0.214 e. The third kappa shape index (κ3) is 2.96. The molecule has 0 amide bonds. The van der Waals surface area contributed by atoms with Crippen LogP contribution in [-0.4, -0.2) is 56.2 Å². The molecule has 1 fully saturated rings. The van der Waals surface area contributed by atoms with E-state index in [1.165, 1.54) is 0 Å². The summed E-state index contributed by atoms with van der Waals surface area (Å²) in [6.45, 7) is 2.75. The van der Waals surface area contributed by atoms with Gasteiger partial charge in [-0.15, -0.1) is 0 Å². The Bertz CT molecular complexity index is 1340. The Hall–Kier alpha value is -2.91. The lowest BCUT2D eigenvalue weighted by Gasteiger charge is -2.19. The molecule has 1 unspecified atom stereocenters. The van der Waals surface area contributed by atoms with E-state index in [0.717, 1.165) is 22.1 Å². The number of nitrogens with one attached hydrogen (secondary N) is 1. The molecule has 1 saturated heterocycles. The van der Waals surface area contributed by atoms with E-state index < -0.39 is 10.0 Å². The monoisotopic (exact) mass is 425 g/mol. The minimum atomic E-state index is -3.27. The van der Waals surface area contributed by atoms with Gasteiger partial charge in [0.1, 0.15) is 22.7 Å². The predicted molar refractivity (Wildman–Crippen MR) is 116 cm³/mol. The van der Waals surface area contributed by atoms with Crippen LogP contribution in [0.1, 0.15) is 25.8 Å². The van der Waals surface area contributed by atoms with Gasteiger partial charge in [-0.25, -0.2) is 18.4 Å². The molecule has 2 N–H and O–H groups in total. The molecule has 1 aromatic carbocycles. The van der Waals surface area contributed by atoms with Crippen LogP contribution >= 0.6 is 0 Å². The van der Waals surface area contributed by atoms with E-state index >= 15 is 0 Å². The quantitative estimate of drug-likeness (QED) is 0.511. The van der Waals surface area contributed by atoms with Gasteiger partial charge in [0.05, 0.1) is 29.1 Å². The van der Waals surface area contributed by atoms with Gasteiger partial charge in [-0.05, 0) is 31.0 Å². The second-order valence-corrected chi connectivity index (χ2v) is 9.76. The minimum Gasteiger partial charge on any atom is -0.507 e. The number of pyridine rings is 1. The van der Waals surface area contributed by atoms with Gasteiger partial charge < -0.3 is 14.7 Å². The first kappa shape index (κ1) is 19.1. The third-order valence-corrected chi connectivity index (χ3v) is 7.77. The number of benzene rings is 1. The molecule has 156 valence electrons. The molecule has 5 rings (SSSR count). The van der Waals surface area contributed by atoms with Gasteiger partial charge in [0.15, 0.2) is 0 Å². The van der Waals surface area contributed by atoms with Crippen molar-refractivity contribution in [3.05, 3.63) is 42.7 Å². The molecular weight excluding hydrogens is 402 g/mol. The highest BCUT2D eigenvalue weighted by Gasteiger charge is 2.34. The maximum atomic E-state index is 12.6. The number of phenols is 1. The summed E-state index contributed by atoms with van der Waals surface area (Å²) in [4.78, 5) is 12.4. The summed E-state index contributed by atoms with van der Waals surface area (Å²) < 4.78 is 28.9. The largest absolute Gasteiger partial charge is 0.507 e. The van der Waals surface area contributed by atoms with E-state index in [2.05, 4.69) is 14.5 Å². The summed E-state index contributed by atoms with van der Waals surface area (Å²) in [5.41, 5.74) is 2.99. The van der Waals surface area contributed by atoms with Crippen LogP contribution in [-0.2, 0) is 10.0 Å². The molecule has 0 bridgehead atoms. The van der Waals surface area contributed by atoms with Crippen LogP contribution in [0.5, 0.6) is 5.75 Å². The normalized spacial score (nSPS) is 18.0. The van der Waals surface area contributed by atoms with Gasteiger partial charge in [-0.1, -0.05) is 19.1 Å². The van der Waals surface area contributed by atoms with Crippen LogP contribution in [0.25, 0.3) is 33.5 Å². The van der Waals surface area contributed by atoms with E-state index in [0.29, 0.717) is 37.3 Å². The summed E-state index contributed by atoms with van der Waals surface area (Å²) in [5, 5.41) is 11.4. The second-order valence-electron chi connectivity index (χ2n) is 7.67. The molecule has 1 aliphatic rings. The molecule has 0 spiro atoms. The fourth-order valence-electron chi connectivity index (χ4n) is 4.36. The molecule has 1 aliphatic heterocycles. The van der Waals surface area contributed by atoms with Gasteiger partial charge in [0.2, 0.25) is 10.0 Å². The van der Waals surface area contributed by atoms with Gasteiger partial charge in [0.25, 0.3) is 0 Å². The molecule has 9 heteroatoms. The zero-order valence-electron chi connectivity index (χ0n) is 16.6. The highest BCUT2D eigenvalue weighted by atomic mass is 32.2. The Morgan fingerprint density at radius 1 is 1.27 bits per heavy atom. The number of phenolic OH excluding ortho intramolecular Hbond substituents is 1. The Morgan fingerprint density at radius 2 is 2.10 bits per heavy atom. The van der Waals surface area contributed by atoms with Gasteiger partial charge in [0, 0.05) is 24.7 Å². The Morgan fingerprint density at radius 3 is 2.90 bits per heavy atom. The zero-order chi connectivity index (χ0) is 20.9. The van der Waals surface area contributed by atoms with Crippen molar-refractivity contribution in [3.8, 4) is 17.1 Å². The summed E-state index contributed by atoms with van der Waals surface area (Å²) in [6.07, 6.45) is 4.83. The van der Waals surface area contributed by atoms with Crippen molar-refractivity contribution >= 4 is 32.1 Å². The first-order valence-electron chi connectivity index (χ1n) is 10.1. The highest BCUT2D eigenvalue weighted by Crippen LogP contribution is 2.38. The highest BCUT2D eigenvalue weighted by molar-refractivity contribution is 7.89. The van der Waals surface area contributed by atoms with Crippen molar-refractivity contribution in [2.45, 2.75) is 25.8 Å². The van der Waals surface area contributed by atoms with E-state index in [1.54, 1.807) is 22.6 Å². The standard InChI is InChI=1S/C21H23N5O3S/c1-2-11-30(28,29)25-10-8-14(13-25)26-19-16-7-9-22-20(16)23-12-17(19)24-21(26)15-5-3-4-6-18(15)27/h3-7,9,12,14,27H,2,8,10-11,13H2,1H3,(H,22,23). The van der Waals surface area contributed by atoms with Crippen LogP contribution in [0.4, 0.5) is 0 Å². The van der Waals surface area contributed by atoms with E-state index in [1.807, 2.05) is 31.3 Å². The molecule has 4 aromatic rings. The fraction of sp³-hybridized carbons (Fsp3) is 0.333. The topological polar surface area (TPSA) is 104 Å². The van der Waals surface area contributed by atoms with Gasteiger partial charge >= 0.3 is 0 Å². The third-order valence-electron chi connectivity index (χ3n) is 5.73. The number of fused-ring (bicyclic) bond motifs is 3. The van der Waals surface area contributed by atoms with Crippen LogP contribution < -0.4 is 0 Å². The summed E-state index contributed by atoms with van der Waals surface area (Å²) >= 11 is 0. The fourth-order valence-corrected chi connectivity index (χ4v) is 5.92. The minimum absolute atomic E-state index is 0.0864. The maximum absolute atomic E-state index is 12.6. The van der Waals surface area contributed by atoms with Crippen molar-refractivity contribution < 1.29 is 13.5 Å². The lowest BCUT2D eigenvalue weighted by molar-refractivity contribution is 0.454. The zero-order valence-corrected chi connectivity index (χ0v) is 17.4. The van der Waals surface area contributed by atoms with Crippen molar-refractivity contribution in [3.63, 3.8) is 0 Å². The number of aromatic amines is 1. The number of imidazole rings is 1. The molecule has 30 heavy (non-hydrogen) atoms. The van der Waals surface area contributed by atoms with Crippen molar-refractivity contribution in [1.82, 2.24) is 23.8 Å². The average molecular weight is 426 g/mol. The molecule has 1 atom stereocenters. The van der Waals surface area contributed by atoms with E-state index in [9.17, 15) is 13.5 Å². The lowest BCUT2D eigenvalue weighted by atomic mass is 10.1. The maximum Gasteiger partial charge on any atom is 0.214 e. The number of aromatic nitrogens is 4. The number of hydrogen-bond donors (Lipinski definition) is 2. The first-order valence-corrected chi connectivity index (χ1v) is 11.7. The summed E-state index contributed by atoms with van der Waals surface area (Å²) in [7, 11) is -3.27. The number of hydrogen-bond acceptors (Lipinski definition) is 5. The van der Waals surface area contributed by atoms with Crippen LogP contribution in [0.3, 0.4) is 0 Å². The van der Waals surface area contributed by atoms with Crippen LogP contribution in [0, 0.1) is 0 Å². The number of H-pyrrole nitrogens is 1. The van der Waals surface area contributed by atoms with Crippen LogP contribution in [0.15, 0.2) is 42.7 Å². The molecule has 3 aromatic heterocycles. The van der Waals surface area contributed by atoms with Crippen molar-refractivity contribution in [1.29, 1.82) is 0 Å². The number of aromatic hydroxyl groups is 1. The number of para-hydroxylation sites is 1. The first-order chi connectivity index (χ1) is 14.5. The molecule has 4 heterocycles. The molecule has 0 radical (unpaired) electrons. The van der Waals surface area contributed by atoms with E-state index in [-0.39, 0.29) is 17.5 Å². The Balaban J connectivity index is 1.71. The predicted octanol–water partition coefficient (Wildman–Crippen LogP) is 3.27. The SMILES string of the molecule is CCCS(=O)(=O)N1CCC(n2c(-c3ccccc3O)nc3cnc4[nH]ccc4c32)C1. The lowest BCUT2D eigenvalue weighted by Crippen LogP contribution is -2.31. The number of rotatable bonds is 5. The molecule has 0 saturated carbocycles. The van der Waals surface area contributed by atoms with Gasteiger partial charge in [-0.2, -0.15) is 4.31 Å². The van der Waals surface area contributed by atoms with Crippen molar-refractivity contribution in [2.24, 2.45) is 0 Å². The van der Waals surface area contributed by atoms with Gasteiger partial charge in [-0.3, -0.25) is 0 Å². The Labute approximate surface area is 174 Å². The molecular formula is C21H23N5O3S. The molecule has 8 nitrogen and oxygen atoms in total. The van der Waals surface area contributed by atoms with Crippen LogP contribution in [0.2, 0.25) is 0 Å². The summed E-state index contributed by atoms with van der Waals surface area (Å²) in [5.74, 6) is 0.919.